The van der Waals surface area contributed by atoms with Crippen molar-refractivity contribution in [3.63, 3.8) is 0 Å². The van der Waals surface area contributed by atoms with Gasteiger partial charge in [0.15, 0.2) is 0 Å². The highest BCUT2D eigenvalue weighted by Gasteiger charge is 2.31. The second-order valence-corrected chi connectivity index (χ2v) is 5.33. The van der Waals surface area contributed by atoms with Crippen LogP contribution in [-0.4, -0.2) is 31.6 Å². The fourth-order valence-electron chi connectivity index (χ4n) is 2.29. The third kappa shape index (κ3) is 2.25. The summed E-state index contributed by atoms with van der Waals surface area (Å²) in [5, 5.41) is 3.61. The number of nitrogens with one attached hydrogen (secondary N) is 1. The van der Waals surface area contributed by atoms with E-state index < -0.39 is 0 Å². The van der Waals surface area contributed by atoms with Crippen molar-refractivity contribution < 1.29 is 0 Å². The van der Waals surface area contributed by atoms with Gasteiger partial charge in [0.2, 0.25) is 0 Å². The predicted octanol–water partition coefficient (Wildman–Crippen LogP) is 2.20. The van der Waals surface area contributed by atoms with Crippen molar-refractivity contribution in [1.82, 2.24) is 10.2 Å². The SMILES string of the molecule is CN1CCNC(C)(c2ccccc2Br)C1. The van der Waals surface area contributed by atoms with E-state index in [0.29, 0.717) is 0 Å². The summed E-state index contributed by atoms with van der Waals surface area (Å²) in [6, 6.07) is 8.46. The number of nitrogens with zero attached hydrogens (tertiary/aromatic N) is 1. The van der Waals surface area contributed by atoms with Crippen LogP contribution in [0.4, 0.5) is 0 Å². The molecule has 1 heterocycles. The first kappa shape index (κ1) is 11.1. The number of likely N-dealkylation sites (N-methyl/N-ethyl adjacent to an activating group) is 1. The molecule has 82 valence electrons. The molecule has 1 aromatic rings. The molecule has 0 saturated carbocycles. The minimum Gasteiger partial charge on any atom is -0.305 e. The Morgan fingerprint density at radius 3 is 2.80 bits per heavy atom. The van der Waals surface area contributed by atoms with E-state index in [-0.39, 0.29) is 5.54 Å². The molecule has 0 bridgehead atoms. The van der Waals surface area contributed by atoms with E-state index in [1.165, 1.54) is 10.0 Å². The van der Waals surface area contributed by atoms with Gasteiger partial charge in [-0.1, -0.05) is 34.1 Å². The van der Waals surface area contributed by atoms with Crippen molar-refractivity contribution in [2.75, 3.05) is 26.7 Å². The number of rotatable bonds is 1. The van der Waals surface area contributed by atoms with Crippen LogP contribution in [0.15, 0.2) is 28.7 Å². The third-order valence-corrected chi connectivity index (χ3v) is 3.75. The quantitative estimate of drug-likeness (QED) is 0.840. The zero-order valence-electron chi connectivity index (χ0n) is 9.26. The van der Waals surface area contributed by atoms with Gasteiger partial charge in [0.05, 0.1) is 5.54 Å². The van der Waals surface area contributed by atoms with Crippen molar-refractivity contribution in [1.29, 1.82) is 0 Å². The monoisotopic (exact) mass is 268 g/mol. The van der Waals surface area contributed by atoms with E-state index in [4.69, 9.17) is 0 Å². The van der Waals surface area contributed by atoms with Crippen LogP contribution in [0.1, 0.15) is 12.5 Å². The lowest BCUT2D eigenvalue weighted by Crippen LogP contribution is -2.55. The number of benzene rings is 1. The summed E-state index contributed by atoms with van der Waals surface area (Å²) < 4.78 is 1.19. The lowest BCUT2D eigenvalue weighted by molar-refractivity contribution is 0.170. The predicted molar refractivity (Wildman–Crippen MR) is 67.0 cm³/mol. The molecule has 1 aliphatic heterocycles. The average molecular weight is 269 g/mol. The molecule has 1 N–H and O–H groups in total. The molecule has 1 atom stereocenters. The van der Waals surface area contributed by atoms with Gasteiger partial charge >= 0.3 is 0 Å². The molecule has 1 unspecified atom stereocenters. The van der Waals surface area contributed by atoms with E-state index in [0.717, 1.165) is 19.6 Å². The van der Waals surface area contributed by atoms with E-state index >= 15 is 0 Å². The van der Waals surface area contributed by atoms with Crippen molar-refractivity contribution >= 4 is 15.9 Å². The van der Waals surface area contributed by atoms with E-state index in [2.05, 4.69) is 64.4 Å². The highest BCUT2D eigenvalue weighted by atomic mass is 79.9. The Hall–Kier alpha value is -0.380. The average Bonchev–Trinajstić information content (AvgIpc) is 2.17. The smallest absolute Gasteiger partial charge is 0.0546 e. The molecule has 0 spiro atoms. The molecular formula is C12H17BrN2. The number of hydrogen-bond donors (Lipinski definition) is 1. The lowest BCUT2D eigenvalue weighted by atomic mass is 9.90. The van der Waals surface area contributed by atoms with Gasteiger partial charge < -0.3 is 10.2 Å². The van der Waals surface area contributed by atoms with Gasteiger partial charge in [-0.2, -0.15) is 0 Å². The molecule has 0 radical (unpaired) electrons. The molecule has 2 nitrogen and oxygen atoms in total. The maximum Gasteiger partial charge on any atom is 0.0546 e. The maximum atomic E-state index is 3.63. The van der Waals surface area contributed by atoms with Crippen LogP contribution in [-0.2, 0) is 5.54 Å². The molecule has 0 amide bonds. The Bertz CT molecular complexity index is 353. The normalized spacial score (nSPS) is 27.9. The Morgan fingerprint density at radius 1 is 1.40 bits per heavy atom. The van der Waals surface area contributed by atoms with Gasteiger partial charge in [0.1, 0.15) is 0 Å². The summed E-state index contributed by atoms with van der Waals surface area (Å²) in [7, 11) is 2.18. The molecule has 15 heavy (non-hydrogen) atoms. The summed E-state index contributed by atoms with van der Waals surface area (Å²) in [4.78, 5) is 2.37. The molecule has 1 aromatic carbocycles. The molecule has 0 aromatic heterocycles. The van der Waals surface area contributed by atoms with Crippen LogP contribution in [0.3, 0.4) is 0 Å². The Kier molecular flexibility index (Phi) is 3.14. The van der Waals surface area contributed by atoms with Gasteiger partial charge in [0, 0.05) is 24.1 Å². The first-order valence-corrected chi connectivity index (χ1v) is 6.10. The van der Waals surface area contributed by atoms with Gasteiger partial charge in [-0.15, -0.1) is 0 Å². The second-order valence-electron chi connectivity index (χ2n) is 4.48. The summed E-state index contributed by atoms with van der Waals surface area (Å²) in [5.74, 6) is 0. The zero-order valence-corrected chi connectivity index (χ0v) is 10.8. The molecule has 1 saturated heterocycles. The third-order valence-electron chi connectivity index (χ3n) is 3.06. The second kappa shape index (κ2) is 4.24. The zero-order chi connectivity index (χ0) is 10.9. The van der Waals surface area contributed by atoms with Gasteiger partial charge in [-0.3, -0.25) is 0 Å². The molecule has 3 heteroatoms. The van der Waals surface area contributed by atoms with Gasteiger partial charge in [-0.05, 0) is 25.6 Å². The minimum absolute atomic E-state index is 0.0626. The number of hydrogen-bond acceptors (Lipinski definition) is 2. The van der Waals surface area contributed by atoms with Crippen LogP contribution in [0.2, 0.25) is 0 Å². The molecule has 1 aliphatic rings. The minimum atomic E-state index is 0.0626. The van der Waals surface area contributed by atoms with Crippen molar-refractivity contribution in [2.45, 2.75) is 12.5 Å². The summed E-state index contributed by atoms with van der Waals surface area (Å²) in [5.41, 5.74) is 1.41. The summed E-state index contributed by atoms with van der Waals surface area (Å²) in [6.07, 6.45) is 0. The largest absolute Gasteiger partial charge is 0.305 e. The van der Waals surface area contributed by atoms with E-state index in [1.807, 2.05) is 0 Å². The Labute approximate surface area is 99.8 Å². The van der Waals surface area contributed by atoms with Crippen molar-refractivity contribution in [2.24, 2.45) is 0 Å². The maximum absolute atomic E-state index is 3.63. The van der Waals surface area contributed by atoms with Crippen LogP contribution in [0, 0.1) is 0 Å². The fourth-order valence-corrected chi connectivity index (χ4v) is 3.01. The first-order chi connectivity index (χ1) is 7.12. The molecule has 0 aliphatic carbocycles. The first-order valence-electron chi connectivity index (χ1n) is 5.30. The summed E-state index contributed by atoms with van der Waals surface area (Å²) in [6.45, 7) is 5.49. The highest BCUT2D eigenvalue weighted by molar-refractivity contribution is 9.10. The fraction of sp³-hybridized carbons (Fsp3) is 0.500. The highest BCUT2D eigenvalue weighted by Crippen LogP contribution is 2.29. The molecule has 1 fully saturated rings. The number of halogens is 1. The lowest BCUT2D eigenvalue weighted by Gasteiger charge is -2.40. The van der Waals surface area contributed by atoms with Crippen LogP contribution in [0.5, 0.6) is 0 Å². The van der Waals surface area contributed by atoms with E-state index in [1.54, 1.807) is 0 Å². The van der Waals surface area contributed by atoms with Crippen LogP contribution < -0.4 is 5.32 Å². The number of piperazine rings is 1. The Balaban J connectivity index is 2.32. The standard InChI is InChI=1S/C12H17BrN2/c1-12(9-15(2)8-7-14-12)10-5-3-4-6-11(10)13/h3-6,14H,7-9H2,1-2H3. The molecule has 2 rings (SSSR count). The van der Waals surface area contributed by atoms with Crippen molar-refractivity contribution in [3.05, 3.63) is 34.3 Å². The van der Waals surface area contributed by atoms with Gasteiger partial charge in [0.25, 0.3) is 0 Å². The topological polar surface area (TPSA) is 15.3 Å². The Morgan fingerprint density at radius 2 is 2.13 bits per heavy atom. The van der Waals surface area contributed by atoms with Crippen LogP contribution in [0.25, 0.3) is 0 Å². The summed E-state index contributed by atoms with van der Waals surface area (Å²) >= 11 is 3.63. The van der Waals surface area contributed by atoms with Crippen molar-refractivity contribution in [3.8, 4) is 0 Å². The van der Waals surface area contributed by atoms with Crippen LogP contribution >= 0.6 is 15.9 Å². The van der Waals surface area contributed by atoms with E-state index in [9.17, 15) is 0 Å². The molecular weight excluding hydrogens is 252 g/mol. The van der Waals surface area contributed by atoms with Gasteiger partial charge in [-0.25, -0.2) is 0 Å².